The lowest BCUT2D eigenvalue weighted by Crippen LogP contribution is -2.26. The number of nitrogens with zero attached hydrogens (tertiary/aromatic N) is 3. The molecule has 0 radical (unpaired) electrons. The number of ether oxygens (including phenoxy) is 2. The van der Waals surface area contributed by atoms with Gasteiger partial charge in [0, 0.05) is 6.54 Å². The zero-order chi connectivity index (χ0) is 26.2. The number of sulfone groups is 1. The molecule has 1 amide bonds. The fourth-order valence-electron chi connectivity index (χ4n) is 4.72. The molecule has 4 heterocycles. The van der Waals surface area contributed by atoms with E-state index in [1.165, 1.54) is 11.3 Å². The van der Waals surface area contributed by atoms with Gasteiger partial charge in [-0.3, -0.25) is 4.79 Å². The van der Waals surface area contributed by atoms with E-state index in [9.17, 15) is 13.2 Å². The van der Waals surface area contributed by atoms with Crippen LogP contribution in [0, 0.1) is 6.92 Å². The minimum absolute atomic E-state index is 0.0288. The topological polar surface area (TPSA) is 112 Å². The number of benzene rings is 1. The van der Waals surface area contributed by atoms with Crippen LogP contribution in [-0.4, -0.2) is 61.4 Å². The highest BCUT2D eigenvalue weighted by Crippen LogP contribution is 2.33. The van der Waals surface area contributed by atoms with Crippen LogP contribution in [0.25, 0.3) is 21.6 Å². The maximum absolute atomic E-state index is 13.5. The summed E-state index contributed by atoms with van der Waals surface area (Å²) in [6.07, 6.45) is 1.09. The molecular weight excluding hydrogens is 512 g/mol. The molecule has 1 atom stereocenters. The molecule has 1 saturated heterocycles. The van der Waals surface area contributed by atoms with Gasteiger partial charge in [0.2, 0.25) is 0 Å². The van der Waals surface area contributed by atoms with Crippen molar-refractivity contribution in [2.45, 2.75) is 25.8 Å². The van der Waals surface area contributed by atoms with Crippen LogP contribution < -0.4 is 14.8 Å². The molecule has 0 saturated carbocycles. The van der Waals surface area contributed by atoms with Crippen LogP contribution in [0.5, 0.6) is 11.5 Å². The largest absolute Gasteiger partial charge is 0.493 e. The highest BCUT2D eigenvalue weighted by Gasteiger charge is 2.32. The van der Waals surface area contributed by atoms with Gasteiger partial charge < -0.3 is 14.8 Å². The number of nitrogens with one attached hydrogen (secondary N) is 1. The van der Waals surface area contributed by atoms with Gasteiger partial charge in [-0.2, -0.15) is 5.10 Å². The van der Waals surface area contributed by atoms with E-state index >= 15 is 0 Å². The molecule has 1 aromatic carbocycles. The standard InChI is InChI=1S/C26H28N4O5S2/c1-16-24-19(26(31)27-10-8-17-6-7-21(34-2)22(13-17)35-3)14-20(23-5-4-11-36-23)28-25(24)30(29-16)18-9-12-37(32,33)15-18/h4-7,11,13-14,18H,8-10,12,15H2,1-3H3,(H,27,31). The zero-order valence-corrected chi connectivity index (χ0v) is 22.5. The summed E-state index contributed by atoms with van der Waals surface area (Å²) in [4.78, 5) is 19.2. The Balaban J connectivity index is 1.46. The van der Waals surface area contributed by atoms with Gasteiger partial charge in [0.05, 0.1) is 59.0 Å². The van der Waals surface area contributed by atoms with Crippen molar-refractivity contribution in [1.29, 1.82) is 0 Å². The first-order valence-corrected chi connectivity index (χ1v) is 14.6. The monoisotopic (exact) mass is 540 g/mol. The van der Waals surface area contributed by atoms with Crippen molar-refractivity contribution in [1.82, 2.24) is 20.1 Å². The third kappa shape index (κ3) is 5.05. The lowest BCUT2D eigenvalue weighted by atomic mass is 10.1. The van der Waals surface area contributed by atoms with Crippen LogP contribution in [0.2, 0.25) is 0 Å². The minimum Gasteiger partial charge on any atom is -0.493 e. The van der Waals surface area contributed by atoms with Crippen LogP contribution in [0.3, 0.4) is 0 Å². The fraction of sp³-hybridized carbons (Fsp3) is 0.346. The molecule has 11 heteroatoms. The van der Waals surface area contributed by atoms with Gasteiger partial charge >= 0.3 is 0 Å². The lowest BCUT2D eigenvalue weighted by molar-refractivity contribution is 0.0955. The van der Waals surface area contributed by atoms with Crippen molar-refractivity contribution in [3.63, 3.8) is 0 Å². The van der Waals surface area contributed by atoms with Gasteiger partial charge in [0.15, 0.2) is 27.0 Å². The van der Waals surface area contributed by atoms with Crippen LogP contribution in [-0.2, 0) is 16.3 Å². The minimum atomic E-state index is -3.11. The van der Waals surface area contributed by atoms with Crippen molar-refractivity contribution in [3.05, 3.63) is 58.6 Å². The number of fused-ring (bicyclic) bond motifs is 1. The summed E-state index contributed by atoms with van der Waals surface area (Å²) in [5.74, 6) is 1.22. The van der Waals surface area contributed by atoms with Crippen LogP contribution in [0.15, 0.2) is 41.8 Å². The van der Waals surface area contributed by atoms with Crippen LogP contribution in [0.4, 0.5) is 0 Å². The molecule has 194 valence electrons. The molecule has 0 spiro atoms. The van der Waals surface area contributed by atoms with Gasteiger partial charge in [-0.25, -0.2) is 18.1 Å². The van der Waals surface area contributed by atoms with Crippen molar-refractivity contribution in [3.8, 4) is 22.1 Å². The maximum Gasteiger partial charge on any atom is 0.252 e. The highest BCUT2D eigenvalue weighted by molar-refractivity contribution is 7.91. The van der Waals surface area contributed by atoms with Crippen molar-refractivity contribution in [2.75, 3.05) is 32.3 Å². The number of thiophene rings is 1. The first-order valence-electron chi connectivity index (χ1n) is 11.9. The normalized spacial score (nSPS) is 16.7. The number of rotatable bonds is 8. The Kier molecular flexibility index (Phi) is 6.91. The molecule has 1 aliphatic heterocycles. The van der Waals surface area contributed by atoms with E-state index in [1.54, 1.807) is 25.0 Å². The third-order valence-corrected chi connectivity index (χ3v) is 9.20. The second kappa shape index (κ2) is 10.1. The van der Waals surface area contributed by atoms with Crippen LogP contribution in [0.1, 0.15) is 34.1 Å². The van der Waals surface area contributed by atoms with Gasteiger partial charge in [-0.05, 0) is 55.0 Å². The van der Waals surface area contributed by atoms with Gasteiger partial charge in [0.25, 0.3) is 5.91 Å². The summed E-state index contributed by atoms with van der Waals surface area (Å²) in [5, 5.41) is 10.3. The first-order chi connectivity index (χ1) is 17.8. The van der Waals surface area contributed by atoms with Crippen molar-refractivity contribution < 1.29 is 22.7 Å². The van der Waals surface area contributed by atoms with Gasteiger partial charge in [-0.1, -0.05) is 12.1 Å². The number of amides is 1. The number of carbonyl (C=O) groups excluding carboxylic acids is 1. The molecule has 3 aromatic heterocycles. The Morgan fingerprint density at radius 1 is 1.19 bits per heavy atom. The summed E-state index contributed by atoms with van der Waals surface area (Å²) >= 11 is 1.53. The molecule has 37 heavy (non-hydrogen) atoms. The third-order valence-electron chi connectivity index (χ3n) is 6.56. The lowest BCUT2D eigenvalue weighted by Gasteiger charge is -2.12. The summed E-state index contributed by atoms with van der Waals surface area (Å²) in [5.41, 5.74) is 3.33. The molecule has 0 bridgehead atoms. The maximum atomic E-state index is 13.5. The van der Waals surface area contributed by atoms with Crippen LogP contribution >= 0.6 is 11.3 Å². The Morgan fingerprint density at radius 2 is 2.00 bits per heavy atom. The summed E-state index contributed by atoms with van der Waals surface area (Å²) in [6, 6.07) is 11.1. The summed E-state index contributed by atoms with van der Waals surface area (Å²) in [7, 11) is 0.0674. The van der Waals surface area contributed by atoms with E-state index < -0.39 is 9.84 Å². The predicted molar refractivity (Wildman–Crippen MR) is 143 cm³/mol. The molecule has 1 aliphatic rings. The number of aryl methyl sites for hydroxylation is 1. The number of methoxy groups -OCH3 is 2. The quantitative estimate of drug-likeness (QED) is 0.362. The smallest absolute Gasteiger partial charge is 0.252 e. The number of hydrogen-bond donors (Lipinski definition) is 1. The second-order valence-electron chi connectivity index (χ2n) is 9.01. The molecule has 9 nitrogen and oxygen atoms in total. The average molecular weight is 541 g/mol. The first kappa shape index (κ1) is 25.2. The molecule has 4 aromatic rings. The van der Waals surface area contributed by atoms with E-state index in [2.05, 4.69) is 10.4 Å². The Morgan fingerprint density at radius 3 is 2.68 bits per heavy atom. The van der Waals surface area contributed by atoms with Crippen molar-refractivity contribution >= 4 is 38.1 Å². The predicted octanol–water partition coefficient (Wildman–Crippen LogP) is 3.82. The van der Waals surface area contributed by atoms with Crippen molar-refractivity contribution in [2.24, 2.45) is 0 Å². The molecule has 1 fully saturated rings. The number of hydrogen-bond acceptors (Lipinski definition) is 8. The number of aromatic nitrogens is 3. The van der Waals surface area contributed by atoms with E-state index in [0.717, 1.165) is 10.4 Å². The summed E-state index contributed by atoms with van der Waals surface area (Å²) in [6.45, 7) is 2.25. The van der Waals surface area contributed by atoms with E-state index in [0.29, 0.717) is 58.9 Å². The molecule has 1 unspecified atom stereocenters. The molecule has 0 aliphatic carbocycles. The van der Waals surface area contributed by atoms with E-state index in [4.69, 9.17) is 14.5 Å². The summed E-state index contributed by atoms with van der Waals surface area (Å²) < 4.78 is 36.7. The SMILES string of the molecule is COc1ccc(CCNC(=O)c2cc(-c3cccs3)nc3c2c(C)nn3C2CCS(=O)(=O)C2)cc1OC. The molecule has 1 N–H and O–H groups in total. The Hall–Kier alpha value is -3.44. The van der Waals surface area contributed by atoms with Gasteiger partial charge in [-0.15, -0.1) is 11.3 Å². The van der Waals surface area contributed by atoms with E-state index in [-0.39, 0.29) is 23.5 Å². The van der Waals surface area contributed by atoms with E-state index in [1.807, 2.05) is 42.6 Å². The molecular formula is C26H28N4O5S2. The average Bonchev–Trinajstić information content (AvgIpc) is 3.62. The molecule has 5 rings (SSSR count). The Bertz CT molecular complexity index is 1560. The van der Waals surface area contributed by atoms with Gasteiger partial charge in [0.1, 0.15) is 0 Å². The Labute approximate surface area is 219 Å². The number of carbonyl (C=O) groups is 1. The number of pyridine rings is 1. The second-order valence-corrected chi connectivity index (χ2v) is 12.2. The highest BCUT2D eigenvalue weighted by atomic mass is 32.2. The zero-order valence-electron chi connectivity index (χ0n) is 20.9. The fourth-order valence-corrected chi connectivity index (χ4v) is 7.10.